The lowest BCUT2D eigenvalue weighted by atomic mass is 9.90. The van der Waals surface area contributed by atoms with Gasteiger partial charge in [-0.15, -0.1) is 0 Å². The van der Waals surface area contributed by atoms with Crippen LogP contribution in [0.4, 0.5) is 0 Å². The molecule has 0 spiro atoms. The van der Waals surface area contributed by atoms with E-state index in [9.17, 15) is 0 Å². The highest BCUT2D eigenvalue weighted by Gasteiger charge is 2.35. The van der Waals surface area contributed by atoms with E-state index < -0.39 is 0 Å². The Morgan fingerprint density at radius 3 is 2.54 bits per heavy atom. The summed E-state index contributed by atoms with van der Waals surface area (Å²) in [7, 11) is 2.03. The van der Waals surface area contributed by atoms with Gasteiger partial charge in [-0.1, -0.05) is 0 Å². The number of nitrogens with zero attached hydrogens (tertiary/aromatic N) is 4. The number of pyridine rings is 1. The maximum atomic E-state index is 6.08. The fraction of sp³-hybridized carbons (Fsp3) is 0.619. The van der Waals surface area contributed by atoms with Crippen molar-refractivity contribution in [3.05, 3.63) is 47.0 Å². The molecule has 2 aromatic rings. The van der Waals surface area contributed by atoms with Crippen molar-refractivity contribution in [1.29, 1.82) is 0 Å². The van der Waals surface area contributed by atoms with Crippen LogP contribution in [0.25, 0.3) is 0 Å². The van der Waals surface area contributed by atoms with Crippen molar-refractivity contribution in [3.8, 4) is 0 Å². The molecule has 1 saturated carbocycles. The number of rotatable bonds is 7. The highest BCUT2D eigenvalue weighted by atomic mass is 16.5. The average molecular weight is 354 g/mol. The molecule has 1 aliphatic carbocycles. The molecule has 3 heterocycles. The van der Waals surface area contributed by atoms with Gasteiger partial charge in [0.05, 0.1) is 12.3 Å². The molecule has 4 rings (SSSR count). The topological polar surface area (TPSA) is 43.2 Å². The Bertz CT molecular complexity index is 738. The minimum absolute atomic E-state index is 0.523. The zero-order chi connectivity index (χ0) is 18.1. The van der Waals surface area contributed by atoms with Gasteiger partial charge in [0.15, 0.2) is 0 Å². The fourth-order valence-corrected chi connectivity index (χ4v) is 4.19. The van der Waals surface area contributed by atoms with Crippen molar-refractivity contribution in [3.63, 3.8) is 0 Å². The Kier molecular flexibility index (Phi) is 5.09. The van der Waals surface area contributed by atoms with Crippen LogP contribution in [-0.2, 0) is 18.3 Å². The second-order valence-electron chi connectivity index (χ2n) is 8.10. The molecule has 0 unspecified atom stereocenters. The standard InChI is InChI=1S/C21H30N4O/c1-15-20(16(2)24(3)23-15)11-25-10-19(14-26-13-17-4-5-17)21(12-25)18-6-8-22-9-7-18/h6-9,17,19,21H,4-5,10-14H2,1-3H3/t19-,21-/m0/s1. The number of aryl methyl sites for hydroxylation is 2. The average Bonchev–Trinajstić information content (AvgIpc) is 3.33. The highest BCUT2D eigenvalue weighted by Crippen LogP contribution is 2.35. The summed E-state index contributed by atoms with van der Waals surface area (Å²) >= 11 is 0. The van der Waals surface area contributed by atoms with E-state index in [1.54, 1.807) is 0 Å². The van der Waals surface area contributed by atoms with E-state index in [4.69, 9.17) is 4.74 Å². The van der Waals surface area contributed by atoms with Crippen LogP contribution in [-0.4, -0.2) is 46.0 Å². The Labute approximate surface area is 156 Å². The predicted molar refractivity (Wildman–Crippen MR) is 102 cm³/mol. The molecule has 26 heavy (non-hydrogen) atoms. The lowest BCUT2D eigenvalue weighted by Gasteiger charge is -2.18. The summed E-state index contributed by atoms with van der Waals surface area (Å²) in [4.78, 5) is 6.77. The molecule has 2 fully saturated rings. The van der Waals surface area contributed by atoms with Crippen LogP contribution in [0.1, 0.15) is 41.3 Å². The molecule has 5 nitrogen and oxygen atoms in total. The van der Waals surface area contributed by atoms with Gasteiger partial charge in [0.25, 0.3) is 0 Å². The predicted octanol–water partition coefficient (Wildman–Crippen LogP) is 3.07. The van der Waals surface area contributed by atoms with Gasteiger partial charge in [-0.3, -0.25) is 14.6 Å². The van der Waals surface area contributed by atoms with Gasteiger partial charge < -0.3 is 4.74 Å². The number of likely N-dealkylation sites (tertiary alicyclic amines) is 1. The molecule has 0 bridgehead atoms. The molecule has 0 aromatic carbocycles. The summed E-state index contributed by atoms with van der Waals surface area (Å²) in [6, 6.07) is 4.34. The van der Waals surface area contributed by atoms with Gasteiger partial charge in [0, 0.05) is 68.8 Å². The number of aromatic nitrogens is 3. The molecule has 2 aromatic heterocycles. The number of hydrogen-bond donors (Lipinski definition) is 0. The molecule has 5 heteroatoms. The Hall–Kier alpha value is -1.72. The van der Waals surface area contributed by atoms with Gasteiger partial charge in [0.2, 0.25) is 0 Å². The van der Waals surface area contributed by atoms with Crippen molar-refractivity contribution in [1.82, 2.24) is 19.7 Å². The van der Waals surface area contributed by atoms with E-state index >= 15 is 0 Å². The number of hydrogen-bond acceptors (Lipinski definition) is 4. The smallest absolute Gasteiger partial charge is 0.0641 e. The van der Waals surface area contributed by atoms with E-state index in [1.165, 1.54) is 29.7 Å². The molecular weight excluding hydrogens is 324 g/mol. The third kappa shape index (κ3) is 3.84. The van der Waals surface area contributed by atoms with Crippen LogP contribution in [0.5, 0.6) is 0 Å². The normalized spacial score (nSPS) is 23.7. The zero-order valence-electron chi connectivity index (χ0n) is 16.2. The van der Waals surface area contributed by atoms with Crippen LogP contribution in [0, 0.1) is 25.7 Å². The first kappa shape index (κ1) is 17.7. The van der Waals surface area contributed by atoms with E-state index in [-0.39, 0.29) is 0 Å². The van der Waals surface area contributed by atoms with Crippen LogP contribution < -0.4 is 0 Å². The second kappa shape index (κ2) is 7.49. The van der Waals surface area contributed by atoms with Crippen molar-refractivity contribution in [2.75, 3.05) is 26.3 Å². The minimum Gasteiger partial charge on any atom is -0.381 e. The first-order valence-corrected chi connectivity index (χ1v) is 9.81. The van der Waals surface area contributed by atoms with Gasteiger partial charge in [0.1, 0.15) is 0 Å². The Balaban J connectivity index is 1.46. The van der Waals surface area contributed by atoms with E-state index in [0.29, 0.717) is 11.8 Å². The van der Waals surface area contributed by atoms with Crippen LogP contribution >= 0.6 is 0 Å². The first-order valence-electron chi connectivity index (χ1n) is 9.81. The maximum absolute atomic E-state index is 6.08. The molecule has 0 N–H and O–H groups in total. The lowest BCUT2D eigenvalue weighted by Crippen LogP contribution is -2.22. The van der Waals surface area contributed by atoms with Crippen LogP contribution in [0.15, 0.2) is 24.5 Å². The summed E-state index contributed by atoms with van der Waals surface area (Å²) < 4.78 is 8.08. The molecule has 1 aliphatic heterocycles. The second-order valence-corrected chi connectivity index (χ2v) is 8.10. The summed E-state index contributed by atoms with van der Waals surface area (Å²) in [5, 5.41) is 4.58. The molecule has 2 atom stereocenters. The fourth-order valence-electron chi connectivity index (χ4n) is 4.19. The van der Waals surface area contributed by atoms with Gasteiger partial charge >= 0.3 is 0 Å². The third-order valence-corrected chi connectivity index (χ3v) is 6.07. The molecular formula is C21H30N4O. The molecule has 1 saturated heterocycles. The van der Waals surface area contributed by atoms with E-state index in [2.05, 4.69) is 41.0 Å². The van der Waals surface area contributed by atoms with Gasteiger partial charge in [-0.25, -0.2) is 0 Å². The summed E-state index contributed by atoms with van der Waals surface area (Å²) in [6.07, 6.45) is 6.53. The van der Waals surface area contributed by atoms with Crippen molar-refractivity contribution < 1.29 is 4.74 Å². The van der Waals surface area contributed by atoms with Crippen molar-refractivity contribution in [2.45, 2.75) is 39.2 Å². The van der Waals surface area contributed by atoms with E-state index in [1.807, 2.05) is 24.1 Å². The molecule has 0 radical (unpaired) electrons. The zero-order valence-corrected chi connectivity index (χ0v) is 16.2. The maximum Gasteiger partial charge on any atom is 0.0641 e. The van der Waals surface area contributed by atoms with Crippen LogP contribution in [0.3, 0.4) is 0 Å². The lowest BCUT2D eigenvalue weighted by molar-refractivity contribution is 0.0887. The SMILES string of the molecule is Cc1nn(C)c(C)c1CN1C[C@@H](COCC2CC2)[C@H](c2ccncc2)C1. The van der Waals surface area contributed by atoms with E-state index in [0.717, 1.165) is 44.5 Å². The quantitative estimate of drug-likeness (QED) is 0.766. The summed E-state index contributed by atoms with van der Waals surface area (Å²) in [6.45, 7) is 9.25. The first-order chi connectivity index (χ1) is 12.6. The van der Waals surface area contributed by atoms with Gasteiger partial charge in [-0.2, -0.15) is 5.10 Å². The highest BCUT2D eigenvalue weighted by molar-refractivity contribution is 5.25. The van der Waals surface area contributed by atoms with Crippen molar-refractivity contribution >= 4 is 0 Å². The monoisotopic (exact) mass is 354 g/mol. The van der Waals surface area contributed by atoms with Crippen LogP contribution in [0.2, 0.25) is 0 Å². The van der Waals surface area contributed by atoms with Crippen molar-refractivity contribution in [2.24, 2.45) is 18.9 Å². The third-order valence-electron chi connectivity index (χ3n) is 6.07. The minimum atomic E-state index is 0.523. The Morgan fingerprint density at radius 2 is 1.88 bits per heavy atom. The molecule has 140 valence electrons. The summed E-state index contributed by atoms with van der Waals surface area (Å²) in [5.41, 5.74) is 5.19. The number of ether oxygens (including phenoxy) is 1. The molecule has 0 amide bonds. The largest absolute Gasteiger partial charge is 0.381 e. The Morgan fingerprint density at radius 1 is 1.12 bits per heavy atom. The molecule has 2 aliphatic rings. The van der Waals surface area contributed by atoms with Gasteiger partial charge in [-0.05, 0) is 50.3 Å². The summed E-state index contributed by atoms with van der Waals surface area (Å²) in [5.74, 6) is 1.90.